The lowest BCUT2D eigenvalue weighted by atomic mass is 9.84. The predicted octanol–water partition coefficient (Wildman–Crippen LogP) is 3.71. The van der Waals surface area contributed by atoms with Gasteiger partial charge in [-0.2, -0.15) is 0 Å². The van der Waals surface area contributed by atoms with E-state index in [0.717, 1.165) is 84.3 Å². The molecule has 26 heavy (non-hydrogen) atoms. The zero-order valence-electron chi connectivity index (χ0n) is 16.1. The van der Waals surface area contributed by atoms with Crippen molar-refractivity contribution in [3.05, 3.63) is 30.3 Å². The molecule has 0 amide bonds. The van der Waals surface area contributed by atoms with E-state index in [9.17, 15) is 0 Å². The van der Waals surface area contributed by atoms with Crippen LogP contribution in [0, 0.1) is 5.41 Å². The molecule has 0 atom stereocenters. The summed E-state index contributed by atoms with van der Waals surface area (Å²) < 4.78 is 27.9. The molecule has 5 nitrogen and oxygen atoms in total. The summed E-state index contributed by atoms with van der Waals surface area (Å²) in [6, 6.07) is 9.86. The molecule has 1 aromatic rings. The van der Waals surface area contributed by atoms with Gasteiger partial charge in [-0.05, 0) is 31.4 Å². The summed E-state index contributed by atoms with van der Waals surface area (Å²) in [5.74, 6) is 0.913. The predicted molar refractivity (Wildman–Crippen MR) is 102 cm³/mol. The molecule has 1 fully saturated rings. The molecule has 0 bridgehead atoms. The van der Waals surface area contributed by atoms with E-state index in [2.05, 4.69) is 6.92 Å². The fourth-order valence-corrected chi connectivity index (χ4v) is 2.67. The molecule has 0 spiro atoms. The summed E-state index contributed by atoms with van der Waals surface area (Å²) in [6.45, 7) is 9.11. The Morgan fingerprint density at radius 3 is 1.92 bits per heavy atom. The molecule has 1 heterocycles. The number of hydrogen-bond acceptors (Lipinski definition) is 5. The first-order valence-electron chi connectivity index (χ1n) is 9.83. The fourth-order valence-electron chi connectivity index (χ4n) is 2.67. The Balaban J connectivity index is 1.27. The van der Waals surface area contributed by atoms with Crippen molar-refractivity contribution >= 4 is 0 Å². The Morgan fingerprint density at radius 2 is 1.38 bits per heavy atom. The number of benzene rings is 1. The highest BCUT2D eigenvalue weighted by molar-refractivity contribution is 5.20. The highest BCUT2D eigenvalue weighted by Crippen LogP contribution is 2.31. The van der Waals surface area contributed by atoms with Crippen molar-refractivity contribution in [2.45, 2.75) is 32.6 Å². The minimum atomic E-state index is 0.282. The Bertz CT molecular complexity index is 441. The molecule has 5 heteroatoms. The Labute approximate surface area is 157 Å². The third-order valence-electron chi connectivity index (χ3n) is 4.57. The van der Waals surface area contributed by atoms with Crippen molar-refractivity contribution in [2.24, 2.45) is 5.41 Å². The summed E-state index contributed by atoms with van der Waals surface area (Å²) in [5, 5.41) is 0. The van der Waals surface area contributed by atoms with Crippen LogP contribution in [0.1, 0.15) is 32.6 Å². The summed E-state index contributed by atoms with van der Waals surface area (Å²) in [5.41, 5.74) is 0.282. The zero-order chi connectivity index (χ0) is 18.3. The van der Waals surface area contributed by atoms with E-state index in [1.807, 2.05) is 30.3 Å². The van der Waals surface area contributed by atoms with Crippen molar-refractivity contribution < 1.29 is 23.7 Å². The average molecular weight is 366 g/mol. The number of para-hydroxylation sites is 1. The van der Waals surface area contributed by atoms with Crippen molar-refractivity contribution in [2.75, 3.05) is 59.5 Å². The molecule has 0 radical (unpaired) electrons. The van der Waals surface area contributed by atoms with Crippen molar-refractivity contribution in [3.8, 4) is 5.75 Å². The first-order valence-corrected chi connectivity index (χ1v) is 9.83. The maximum absolute atomic E-state index is 5.75. The van der Waals surface area contributed by atoms with Crippen molar-refractivity contribution in [1.82, 2.24) is 0 Å². The molecule has 0 unspecified atom stereocenters. The Morgan fingerprint density at radius 1 is 0.808 bits per heavy atom. The lowest BCUT2D eigenvalue weighted by Gasteiger charge is -2.40. The molecule has 1 aromatic carbocycles. The van der Waals surface area contributed by atoms with Gasteiger partial charge in [0.25, 0.3) is 0 Å². The molecule has 0 saturated carbocycles. The van der Waals surface area contributed by atoms with Crippen LogP contribution < -0.4 is 4.74 Å². The smallest absolute Gasteiger partial charge is 0.119 e. The van der Waals surface area contributed by atoms with E-state index >= 15 is 0 Å². The van der Waals surface area contributed by atoms with Gasteiger partial charge >= 0.3 is 0 Å². The average Bonchev–Trinajstić information content (AvgIpc) is 2.64. The van der Waals surface area contributed by atoms with Gasteiger partial charge in [0.2, 0.25) is 0 Å². The van der Waals surface area contributed by atoms with Crippen LogP contribution in [-0.4, -0.2) is 59.5 Å². The normalized spacial score (nSPS) is 15.6. The molecular formula is C21H34O5. The van der Waals surface area contributed by atoms with Crippen LogP contribution in [0.2, 0.25) is 0 Å². The molecule has 0 aliphatic carbocycles. The van der Waals surface area contributed by atoms with E-state index in [4.69, 9.17) is 23.7 Å². The standard InChI is InChI=1S/C21H34O5/c1-2-21(18-25-19-21)17-24-15-7-13-22-11-6-12-23-14-8-16-26-20-9-4-3-5-10-20/h3-5,9-10H,2,6-8,11-19H2,1H3. The topological polar surface area (TPSA) is 46.2 Å². The van der Waals surface area contributed by atoms with Gasteiger partial charge in [0.15, 0.2) is 0 Å². The Hall–Kier alpha value is -1.14. The van der Waals surface area contributed by atoms with Gasteiger partial charge < -0.3 is 23.7 Å². The minimum Gasteiger partial charge on any atom is -0.494 e. The van der Waals surface area contributed by atoms with Crippen LogP contribution in [0.5, 0.6) is 5.75 Å². The Kier molecular flexibility index (Phi) is 10.7. The second-order valence-electron chi connectivity index (χ2n) is 6.85. The maximum Gasteiger partial charge on any atom is 0.119 e. The quantitative estimate of drug-likeness (QED) is 0.417. The molecular weight excluding hydrogens is 332 g/mol. The van der Waals surface area contributed by atoms with E-state index in [1.165, 1.54) is 0 Å². The molecule has 2 rings (SSSR count). The van der Waals surface area contributed by atoms with Crippen molar-refractivity contribution in [1.29, 1.82) is 0 Å². The lowest BCUT2D eigenvalue weighted by molar-refractivity contribution is -0.150. The number of hydrogen-bond donors (Lipinski definition) is 0. The van der Waals surface area contributed by atoms with Gasteiger partial charge in [0.05, 0.1) is 26.4 Å². The lowest BCUT2D eigenvalue weighted by Crippen LogP contribution is -2.45. The third-order valence-corrected chi connectivity index (χ3v) is 4.57. The number of ether oxygens (including phenoxy) is 5. The zero-order valence-corrected chi connectivity index (χ0v) is 16.1. The monoisotopic (exact) mass is 366 g/mol. The molecule has 0 aromatic heterocycles. The van der Waals surface area contributed by atoms with Crippen LogP contribution in [0.3, 0.4) is 0 Å². The number of rotatable bonds is 16. The van der Waals surface area contributed by atoms with Gasteiger partial charge in [-0.1, -0.05) is 25.1 Å². The molecule has 1 aliphatic heterocycles. The molecule has 1 saturated heterocycles. The highest BCUT2D eigenvalue weighted by Gasteiger charge is 2.36. The fraction of sp³-hybridized carbons (Fsp3) is 0.714. The van der Waals surface area contributed by atoms with Crippen LogP contribution in [-0.2, 0) is 18.9 Å². The first kappa shape index (κ1) is 21.2. The van der Waals surface area contributed by atoms with E-state index in [1.54, 1.807) is 0 Å². The summed E-state index contributed by atoms with van der Waals surface area (Å²) in [4.78, 5) is 0. The van der Waals surface area contributed by atoms with Crippen LogP contribution in [0.15, 0.2) is 30.3 Å². The summed E-state index contributed by atoms with van der Waals surface area (Å²) >= 11 is 0. The second kappa shape index (κ2) is 13.1. The molecule has 0 N–H and O–H groups in total. The van der Waals surface area contributed by atoms with Crippen LogP contribution in [0.25, 0.3) is 0 Å². The van der Waals surface area contributed by atoms with Gasteiger partial charge in [-0.25, -0.2) is 0 Å². The summed E-state index contributed by atoms with van der Waals surface area (Å²) in [6.07, 6.45) is 3.90. The first-order chi connectivity index (χ1) is 12.8. The highest BCUT2D eigenvalue weighted by atomic mass is 16.5. The van der Waals surface area contributed by atoms with Crippen LogP contribution >= 0.6 is 0 Å². The van der Waals surface area contributed by atoms with E-state index in [-0.39, 0.29) is 5.41 Å². The SMILES string of the molecule is CCC1(COCCCOCCCOCCCOc2ccccc2)COC1. The molecule has 1 aliphatic rings. The third kappa shape index (κ3) is 8.49. The van der Waals surface area contributed by atoms with Gasteiger partial charge in [-0.3, -0.25) is 0 Å². The molecule has 148 valence electrons. The maximum atomic E-state index is 5.75. The van der Waals surface area contributed by atoms with Crippen LogP contribution in [0.4, 0.5) is 0 Å². The van der Waals surface area contributed by atoms with Gasteiger partial charge in [-0.15, -0.1) is 0 Å². The largest absolute Gasteiger partial charge is 0.494 e. The van der Waals surface area contributed by atoms with E-state index in [0.29, 0.717) is 6.61 Å². The summed E-state index contributed by atoms with van der Waals surface area (Å²) in [7, 11) is 0. The second-order valence-corrected chi connectivity index (χ2v) is 6.85. The van der Waals surface area contributed by atoms with Gasteiger partial charge in [0, 0.05) is 44.9 Å². The van der Waals surface area contributed by atoms with E-state index < -0.39 is 0 Å². The minimum absolute atomic E-state index is 0.282. The van der Waals surface area contributed by atoms with Crippen molar-refractivity contribution in [3.63, 3.8) is 0 Å². The van der Waals surface area contributed by atoms with Gasteiger partial charge in [0.1, 0.15) is 5.75 Å².